The average molecular weight is 663 g/mol. The highest BCUT2D eigenvalue weighted by atomic mass is 79.9. The molecule has 0 saturated heterocycles. The smallest absolute Gasteiger partial charge is 0.343 e. The number of aryl methyl sites for hydroxylation is 1. The van der Waals surface area contributed by atoms with Crippen LogP contribution in [0.4, 0.5) is 0 Å². The summed E-state index contributed by atoms with van der Waals surface area (Å²) in [4.78, 5) is 38.4. The van der Waals surface area contributed by atoms with Gasteiger partial charge in [0.2, 0.25) is 5.91 Å². The van der Waals surface area contributed by atoms with E-state index in [1.54, 1.807) is 30.3 Å². The highest BCUT2D eigenvalue weighted by Crippen LogP contribution is 2.33. The molecule has 0 aliphatic heterocycles. The minimum Gasteiger partial charge on any atom is -0.421 e. The molecule has 4 aromatic carbocycles. The van der Waals surface area contributed by atoms with Crippen molar-refractivity contribution in [1.29, 1.82) is 0 Å². The Balaban J connectivity index is 1.41. The Kier molecular flexibility index (Phi) is 9.99. The lowest BCUT2D eigenvalue weighted by Crippen LogP contribution is -2.37. The van der Waals surface area contributed by atoms with Gasteiger partial charge >= 0.3 is 5.97 Å². The minimum atomic E-state index is -0.566. The van der Waals surface area contributed by atoms with Crippen LogP contribution in [0.1, 0.15) is 38.5 Å². The van der Waals surface area contributed by atoms with Crippen molar-refractivity contribution in [3.8, 4) is 5.75 Å². The zero-order valence-corrected chi connectivity index (χ0v) is 24.6. The SMILES string of the molecule is Cc1cccc(C(=O)Oc2c(Br)cc(Br)cc2/C=N\NC(=O)CNC(=O)C(c2ccccc2)c2ccccc2)c1. The van der Waals surface area contributed by atoms with Gasteiger partial charge in [0, 0.05) is 10.0 Å². The molecule has 0 heterocycles. The molecule has 202 valence electrons. The lowest BCUT2D eigenvalue weighted by atomic mass is 9.90. The largest absolute Gasteiger partial charge is 0.421 e. The summed E-state index contributed by atoms with van der Waals surface area (Å²) in [5.74, 6) is -1.67. The number of hydrogen-bond donors (Lipinski definition) is 2. The Hall–Kier alpha value is -4.08. The van der Waals surface area contributed by atoms with Gasteiger partial charge in [-0.15, -0.1) is 0 Å². The van der Waals surface area contributed by atoms with Crippen LogP contribution in [0.3, 0.4) is 0 Å². The Morgan fingerprint density at radius 2 is 1.52 bits per heavy atom. The maximum atomic E-state index is 13.1. The van der Waals surface area contributed by atoms with Gasteiger partial charge in [0.15, 0.2) is 5.75 Å². The van der Waals surface area contributed by atoms with Crippen LogP contribution in [0.2, 0.25) is 0 Å². The highest BCUT2D eigenvalue weighted by Gasteiger charge is 2.23. The molecule has 0 aliphatic carbocycles. The monoisotopic (exact) mass is 661 g/mol. The fraction of sp³-hybridized carbons (Fsp3) is 0.0968. The van der Waals surface area contributed by atoms with Crippen LogP contribution < -0.4 is 15.5 Å². The third-order valence-electron chi connectivity index (χ3n) is 5.83. The van der Waals surface area contributed by atoms with E-state index in [0.29, 0.717) is 20.1 Å². The van der Waals surface area contributed by atoms with E-state index in [0.717, 1.165) is 16.7 Å². The summed E-state index contributed by atoms with van der Waals surface area (Å²) >= 11 is 6.84. The Bertz CT molecular complexity index is 1500. The van der Waals surface area contributed by atoms with Gasteiger partial charge in [-0.1, -0.05) is 94.3 Å². The minimum absolute atomic E-state index is 0.245. The topological polar surface area (TPSA) is 96.9 Å². The van der Waals surface area contributed by atoms with Gasteiger partial charge in [-0.2, -0.15) is 5.10 Å². The predicted octanol–water partition coefficient (Wildman–Crippen LogP) is 6.14. The van der Waals surface area contributed by atoms with Crippen molar-refractivity contribution >= 4 is 55.9 Å². The molecule has 0 radical (unpaired) electrons. The number of carbonyl (C=O) groups is 3. The maximum Gasteiger partial charge on any atom is 0.343 e. The van der Waals surface area contributed by atoms with Crippen molar-refractivity contribution in [2.24, 2.45) is 5.10 Å². The number of nitrogens with zero attached hydrogens (tertiary/aromatic N) is 1. The molecular weight excluding hydrogens is 638 g/mol. The van der Waals surface area contributed by atoms with E-state index in [9.17, 15) is 14.4 Å². The van der Waals surface area contributed by atoms with Crippen molar-refractivity contribution in [3.05, 3.63) is 134 Å². The standard InChI is InChI=1S/C31H25Br2N3O4/c1-20-9-8-14-23(15-20)31(39)40-29-24(16-25(32)17-26(29)33)18-35-36-27(37)19-34-30(38)28(21-10-4-2-5-11-21)22-12-6-3-7-13-22/h2-18,28H,19H2,1H3,(H,34,38)(H,36,37)/b35-18-. The van der Waals surface area contributed by atoms with Crippen LogP contribution in [-0.2, 0) is 9.59 Å². The molecule has 2 N–H and O–H groups in total. The van der Waals surface area contributed by atoms with Crippen molar-refractivity contribution in [2.75, 3.05) is 6.54 Å². The van der Waals surface area contributed by atoms with E-state index in [1.165, 1.54) is 6.21 Å². The number of benzene rings is 4. The van der Waals surface area contributed by atoms with Gasteiger partial charge in [0.25, 0.3) is 5.91 Å². The van der Waals surface area contributed by atoms with Crippen LogP contribution in [0.5, 0.6) is 5.75 Å². The van der Waals surface area contributed by atoms with Crippen LogP contribution >= 0.6 is 31.9 Å². The molecule has 0 bridgehead atoms. The second kappa shape index (κ2) is 13.8. The Morgan fingerprint density at radius 1 is 0.875 bits per heavy atom. The van der Waals surface area contributed by atoms with Gasteiger partial charge < -0.3 is 10.1 Å². The summed E-state index contributed by atoms with van der Waals surface area (Å²) in [6.07, 6.45) is 1.37. The first kappa shape index (κ1) is 28.9. The second-order valence-electron chi connectivity index (χ2n) is 8.83. The summed E-state index contributed by atoms with van der Waals surface area (Å²) in [7, 11) is 0. The zero-order valence-electron chi connectivity index (χ0n) is 21.4. The molecule has 0 atom stereocenters. The van der Waals surface area contributed by atoms with E-state index in [-0.39, 0.29) is 18.2 Å². The number of ether oxygens (including phenoxy) is 1. The van der Waals surface area contributed by atoms with Gasteiger partial charge in [-0.05, 0) is 58.2 Å². The molecule has 0 aromatic heterocycles. The molecule has 0 unspecified atom stereocenters. The van der Waals surface area contributed by atoms with Crippen LogP contribution in [0.25, 0.3) is 0 Å². The first-order chi connectivity index (χ1) is 19.3. The summed E-state index contributed by atoms with van der Waals surface area (Å²) in [5, 5.41) is 6.71. The normalized spacial score (nSPS) is 10.9. The molecule has 0 spiro atoms. The van der Waals surface area contributed by atoms with Crippen LogP contribution in [0, 0.1) is 6.92 Å². The molecular formula is C31H25Br2N3O4. The Morgan fingerprint density at radius 3 is 2.15 bits per heavy atom. The first-order valence-electron chi connectivity index (χ1n) is 12.3. The van der Waals surface area contributed by atoms with Gasteiger partial charge in [-0.3, -0.25) is 9.59 Å². The van der Waals surface area contributed by atoms with Crippen molar-refractivity contribution in [3.63, 3.8) is 0 Å². The molecule has 0 aliphatic rings. The molecule has 0 fully saturated rings. The zero-order chi connectivity index (χ0) is 28.5. The molecule has 4 aromatic rings. The molecule has 7 nitrogen and oxygen atoms in total. The second-order valence-corrected chi connectivity index (χ2v) is 10.6. The summed E-state index contributed by atoms with van der Waals surface area (Å²) < 4.78 is 6.89. The fourth-order valence-corrected chi connectivity index (χ4v) is 5.32. The summed E-state index contributed by atoms with van der Waals surface area (Å²) in [6, 6.07) is 29.2. The number of hydrazone groups is 1. The molecule has 2 amide bonds. The van der Waals surface area contributed by atoms with E-state index >= 15 is 0 Å². The number of hydrogen-bond acceptors (Lipinski definition) is 5. The third kappa shape index (κ3) is 7.74. The third-order valence-corrected chi connectivity index (χ3v) is 6.88. The molecule has 9 heteroatoms. The van der Waals surface area contributed by atoms with Crippen molar-refractivity contribution in [2.45, 2.75) is 12.8 Å². The van der Waals surface area contributed by atoms with E-state index < -0.39 is 17.8 Å². The van der Waals surface area contributed by atoms with Gasteiger partial charge in [0.05, 0.1) is 28.7 Å². The summed E-state index contributed by atoms with van der Waals surface area (Å²) in [5.41, 5.74) is 5.83. The average Bonchev–Trinajstić information content (AvgIpc) is 2.95. The first-order valence-corrected chi connectivity index (χ1v) is 13.9. The number of rotatable bonds is 9. The van der Waals surface area contributed by atoms with Crippen LogP contribution in [-0.4, -0.2) is 30.5 Å². The summed E-state index contributed by atoms with van der Waals surface area (Å²) in [6.45, 7) is 1.61. The maximum absolute atomic E-state index is 13.1. The lowest BCUT2D eigenvalue weighted by Gasteiger charge is -2.17. The van der Waals surface area contributed by atoms with Gasteiger partial charge in [0.1, 0.15) is 0 Å². The fourth-order valence-electron chi connectivity index (χ4n) is 3.98. The highest BCUT2D eigenvalue weighted by molar-refractivity contribution is 9.11. The predicted molar refractivity (Wildman–Crippen MR) is 161 cm³/mol. The number of halogens is 2. The van der Waals surface area contributed by atoms with E-state index in [1.807, 2.05) is 73.7 Å². The Labute approximate surface area is 248 Å². The molecule has 0 saturated carbocycles. The molecule has 4 rings (SSSR count). The number of carbonyl (C=O) groups excluding carboxylic acids is 3. The van der Waals surface area contributed by atoms with Crippen LogP contribution in [0.15, 0.2) is 111 Å². The van der Waals surface area contributed by atoms with Crippen molar-refractivity contribution in [1.82, 2.24) is 10.7 Å². The number of esters is 1. The van der Waals surface area contributed by atoms with Gasteiger partial charge in [-0.25, -0.2) is 10.2 Å². The lowest BCUT2D eigenvalue weighted by molar-refractivity contribution is -0.126. The number of amides is 2. The van der Waals surface area contributed by atoms with E-state index in [4.69, 9.17) is 4.74 Å². The van der Waals surface area contributed by atoms with Crippen molar-refractivity contribution < 1.29 is 19.1 Å². The quantitative estimate of drug-likeness (QED) is 0.0975. The van der Waals surface area contributed by atoms with E-state index in [2.05, 4.69) is 47.7 Å². The number of nitrogens with one attached hydrogen (secondary N) is 2. The molecule has 40 heavy (non-hydrogen) atoms.